The zero-order chi connectivity index (χ0) is 12.4. The third-order valence-corrected chi connectivity index (χ3v) is 2.65. The van der Waals surface area contributed by atoms with E-state index in [9.17, 15) is 18.3 Å². The maximum absolute atomic E-state index is 13.4. The molecule has 1 aromatic rings. The fraction of sp³-hybridized carbons (Fsp3) is 0.333. The summed E-state index contributed by atoms with van der Waals surface area (Å²) >= 11 is 0. The molecule has 1 aromatic carbocycles. The number of halogens is 3. The number of rotatable bonds is 2. The zero-order valence-corrected chi connectivity index (χ0v) is 8.92. The zero-order valence-electron chi connectivity index (χ0n) is 8.92. The van der Waals surface area contributed by atoms with Gasteiger partial charge in [0.1, 0.15) is 11.9 Å². The third-order valence-electron chi connectivity index (χ3n) is 2.65. The Balaban J connectivity index is 2.33. The lowest BCUT2D eigenvalue weighted by Crippen LogP contribution is -2.10. The second-order valence-corrected chi connectivity index (χ2v) is 3.86. The molecule has 1 heterocycles. The van der Waals surface area contributed by atoms with Crippen molar-refractivity contribution in [3.05, 3.63) is 47.0 Å². The molecule has 2 nitrogen and oxygen atoms in total. The Labute approximate surface area is 96.3 Å². The summed E-state index contributed by atoms with van der Waals surface area (Å²) in [6.45, 7) is 0.538. The first-order chi connectivity index (χ1) is 8.09. The quantitative estimate of drug-likeness (QED) is 0.810. The summed E-state index contributed by atoms with van der Waals surface area (Å²) in [6, 6.07) is 1.10. The minimum Gasteiger partial charge on any atom is -0.501 e. The second-order valence-electron chi connectivity index (χ2n) is 3.86. The van der Waals surface area contributed by atoms with Gasteiger partial charge in [0.25, 0.3) is 0 Å². The highest BCUT2D eigenvalue weighted by molar-refractivity contribution is 5.28. The van der Waals surface area contributed by atoms with Crippen LogP contribution in [0.5, 0.6) is 0 Å². The van der Waals surface area contributed by atoms with Crippen LogP contribution in [0.3, 0.4) is 0 Å². The van der Waals surface area contributed by atoms with Gasteiger partial charge in [-0.1, -0.05) is 0 Å². The predicted molar refractivity (Wildman–Crippen MR) is 54.5 cm³/mol. The first kappa shape index (κ1) is 12.0. The fourth-order valence-corrected chi connectivity index (χ4v) is 1.73. The van der Waals surface area contributed by atoms with Gasteiger partial charge in [-0.15, -0.1) is 0 Å². The van der Waals surface area contributed by atoms with Crippen molar-refractivity contribution >= 4 is 0 Å². The van der Waals surface area contributed by atoms with E-state index in [1.165, 1.54) is 6.26 Å². The summed E-state index contributed by atoms with van der Waals surface area (Å²) in [4.78, 5) is 0. The molecule has 5 heteroatoms. The van der Waals surface area contributed by atoms with Crippen LogP contribution in [-0.2, 0) is 4.74 Å². The molecule has 0 aliphatic carbocycles. The van der Waals surface area contributed by atoms with Crippen molar-refractivity contribution < 1.29 is 23.0 Å². The normalized spacial score (nSPS) is 17.3. The summed E-state index contributed by atoms with van der Waals surface area (Å²) in [6.07, 6.45) is 1.29. The van der Waals surface area contributed by atoms with E-state index in [0.29, 0.717) is 37.2 Å². The summed E-state index contributed by atoms with van der Waals surface area (Å²) in [5, 5.41) is 9.86. The van der Waals surface area contributed by atoms with Crippen molar-refractivity contribution in [3.8, 4) is 0 Å². The minimum absolute atomic E-state index is 0.277. The summed E-state index contributed by atoms with van der Waals surface area (Å²) in [7, 11) is 0. The second kappa shape index (κ2) is 4.79. The van der Waals surface area contributed by atoms with Gasteiger partial charge in [-0.25, -0.2) is 13.2 Å². The summed E-state index contributed by atoms with van der Waals surface area (Å²) in [5.74, 6) is -3.42. The number of hydrogen-bond acceptors (Lipinski definition) is 2. The number of benzene rings is 1. The Morgan fingerprint density at radius 1 is 1.12 bits per heavy atom. The number of hydrogen-bond donors (Lipinski definition) is 1. The smallest absolute Gasteiger partial charge is 0.161 e. The molecule has 0 aromatic heterocycles. The SMILES string of the molecule is OC(C1=COCCC1)c1cc(F)c(F)cc1F. The van der Waals surface area contributed by atoms with Gasteiger partial charge in [-0.2, -0.15) is 0 Å². The third kappa shape index (κ3) is 2.44. The minimum atomic E-state index is -1.30. The first-order valence-corrected chi connectivity index (χ1v) is 5.22. The highest BCUT2D eigenvalue weighted by Crippen LogP contribution is 2.30. The molecule has 0 radical (unpaired) electrons. The van der Waals surface area contributed by atoms with E-state index in [0.717, 1.165) is 0 Å². The van der Waals surface area contributed by atoms with Crippen LogP contribution < -0.4 is 0 Å². The van der Waals surface area contributed by atoms with Gasteiger partial charge in [0.15, 0.2) is 11.6 Å². The van der Waals surface area contributed by atoms with Gasteiger partial charge in [-0.05, 0) is 24.5 Å². The van der Waals surface area contributed by atoms with Gasteiger partial charge in [0.05, 0.1) is 12.9 Å². The molecule has 1 N–H and O–H groups in total. The summed E-state index contributed by atoms with van der Waals surface area (Å²) < 4.78 is 44.1. The Morgan fingerprint density at radius 3 is 2.47 bits per heavy atom. The Morgan fingerprint density at radius 2 is 1.82 bits per heavy atom. The highest BCUT2D eigenvalue weighted by Gasteiger charge is 2.21. The van der Waals surface area contributed by atoms with E-state index in [1.807, 2.05) is 0 Å². The monoisotopic (exact) mass is 244 g/mol. The summed E-state index contributed by atoms with van der Waals surface area (Å²) in [5.41, 5.74) is 0.182. The molecule has 1 atom stereocenters. The molecule has 0 fully saturated rings. The van der Waals surface area contributed by atoms with Crippen molar-refractivity contribution in [1.82, 2.24) is 0 Å². The van der Waals surface area contributed by atoms with Crippen molar-refractivity contribution in [2.45, 2.75) is 18.9 Å². The molecular formula is C12H11F3O2. The topological polar surface area (TPSA) is 29.5 Å². The molecule has 0 saturated heterocycles. The van der Waals surface area contributed by atoms with E-state index in [2.05, 4.69) is 0 Å². The largest absolute Gasteiger partial charge is 0.501 e. The van der Waals surface area contributed by atoms with Crippen LogP contribution in [0.2, 0.25) is 0 Å². The van der Waals surface area contributed by atoms with E-state index in [1.54, 1.807) is 0 Å². The van der Waals surface area contributed by atoms with E-state index in [-0.39, 0.29) is 5.56 Å². The standard InChI is InChI=1S/C12H11F3O2/c13-9-5-11(15)10(14)4-8(9)12(16)7-2-1-3-17-6-7/h4-6,12,16H,1-3H2. The lowest BCUT2D eigenvalue weighted by atomic mass is 9.97. The molecule has 0 bridgehead atoms. The van der Waals surface area contributed by atoms with Crippen molar-refractivity contribution in [3.63, 3.8) is 0 Å². The van der Waals surface area contributed by atoms with E-state index >= 15 is 0 Å². The van der Waals surface area contributed by atoms with Crippen LogP contribution in [0.4, 0.5) is 13.2 Å². The molecule has 92 valence electrons. The van der Waals surface area contributed by atoms with E-state index in [4.69, 9.17) is 4.74 Å². The molecule has 1 unspecified atom stereocenters. The van der Waals surface area contributed by atoms with Crippen LogP contribution in [0.15, 0.2) is 24.0 Å². The molecule has 0 amide bonds. The molecule has 1 aliphatic heterocycles. The fourth-order valence-electron chi connectivity index (χ4n) is 1.73. The Kier molecular flexibility index (Phi) is 3.38. The Bertz CT molecular complexity index is 457. The van der Waals surface area contributed by atoms with Crippen molar-refractivity contribution in [2.24, 2.45) is 0 Å². The van der Waals surface area contributed by atoms with Gasteiger partial charge >= 0.3 is 0 Å². The average Bonchev–Trinajstić information content (AvgIpc) is 2.34. The number of aliphatic hydroxyl groups is 1. The van der Waals surface area contributed by atoms with Crippen LogP contribution in [0.1, 0.15) is 24.5 Å². The van der Waals surface area contributed by atoms with Crippen LogP contribution in [0.25, 0.3) is 0 Å². The lowest BCUT2D eigenvalue weighted by Gasteiger charge is -2.19. The lowest BCUT2D eigenvalue weighted by molar-refractivity contribution is 0.167. The van der Waals surface area contributed by atoms with Crippen LogP contribution in [0, 0.1) is 17.5 Å². The maximum Gasteiger partial charge on any atom is 0.161 e. The molecule has 1 aliphatic rings. The highest BCUT2D eigenvalue weighted by atomic mass is 19.2. The predicted octanol–water partition coefficient (Wildman–Crippen LogP) is 2.83. The van der Waals surface area contributed by atoms with Gasteiger partial charge in [0, 0.05) is 11.6 Å². The van der Waals surface area contributed by atoms with Gasteiger partial charge in [-0.3, -0.25) is 0 Å². The van der Waals surface area contributed by atoms with Crippen LogP contribution in [-0.4, -0.2) is 11.7 Å². The average molecular weight is 244 g/mol. The van der Waals surface area contributed by atoms with Crippen molar-refractivity contribution in [1.29, 1.82) is 0 Å². The van der Waals surface area contributed by atoms with Crippen LogP contribution >= 0.6 is 0 Å². The van der Waals surface area contributed by atoms with Gasteiger partial charge < -0.3 is 9.84 Å². The van der Waals surface area contributed by atoms with Gasteiger partial charge in [0.2, 0.25) is 0 Å². The van der Waals surface area contributed by atoms with Crippen molar-refractivity contribution in [2.75, 3.05) is 6.61 Å². The Hall–Kier alpha value is -1.49. The molecule has 0 saturated carbocycles. The number of aliphatic hydroxyl groups excluding tert-OH is 1. The molecule has 0 spiro atoms. The molecular weight excluding hydrogens is 233 g/mol. The number of ether oxygens (including phenoxy) is 1. The first-order valence-electron chi connectivity index (χ1n) is 5.22. The maximum atomic E-state index is 13.4. The molecule has 17 heavy (non-hydrogen) atoms. The molecule has 2 rings (SSSR count). The van der Waals surface area contributed by atoms with E-state index < -0.39 is 23.6 Å².